The lowest BCUT2D eigenvalue weighted by Gasteiger charge is -2.19. The predicted molar refractivity (Wildman–Crippen MR) is 156 cm³/mol. The third-order valence-electron chi connectivity index (χ3n) is 11.5. The Balaban J connectivity index is 0.000000260. The van der Waals surface area contributed by atoms with E-state index >= 15 is 0 Å². The second-order valence-corrected chi connectivity index (χ2v) is 14.4. The van der Waals surface area contributed by atoms with Crippen molar-refractivity contribution in [3.63, 3.8) is 0 Å². The lowest BCUT2D eigenvalue weighted by atomic mass is 9.86. The molecule has 4 rings (SSSR count). The van der Waals surface area contributed by atoms with Gasteiger partial charge in [0.25, 0.3) is 0 Å². The van der Waals surface area contributed by atoms with Gasteiger partial charge in [-0.25, -0.2) is 35.1 Å². The van der Waals surface area contributed by atoms with Crippen molar-refractivity contribution in [3.8, 4) is 0 Å². The van der Waals surface area contributed by atoms with Crippen LogP contribution in [0.15, 0.2) is 0 Å². The highest BCUT2D eigenvalue weighted by Crippen LogP contribution is 2.79. The molecule has 2 aliphatic rings. The molecule has 0 bridgehead atoms. The van der Waals surface area contributed by atoms with Gasteiger partial charge < -0.3 is 19.3 Å². The average Bonchev–Trinajstić information content (AvgIpc) is 3.58. The zero-order valence-electron chi connectivity index (χ0n) is 28.4. The number of methoxy groups -OCH3 is 2. The van der Waals surface area contributed by atoms with Crippen LogP contribution in [0.5, 0.6) is 0 Å². The van der Waals surface area contributed by atoms with Crippen molar-refractivity contribution in [1.82, 2.24) is 0 Å². The van der Waals surface area contributed by atoms with Gasteiger partial charge in [-0.3, -0.25) is 9.59 Å². The smallest absolute Gasteiger partial charge is 0.311 e. The van der Waals surface area contributed by atoms with Crippen molar-refractivity contribution < 1.29 is 64.0 Å². The fourth-order valence-electron chi connectivity index (χ4n) is 7.03. The summed E-state index contributed by atoms with van der Waals surface area (Å²) in [5.74, 6) is -14.8. The summed E-state index contributed by atoms with van der Waals surface area (Å²) in [6.45, 7) is 12.0. The summed E-state index contributed by atoms with van der Waals surface area (Å²) in [6.07, 6.45) is -0.638. The molecule has 0 spiro atoms. The van der Waals surface area contributed by atoms with E-state index < -0.39 is 129 Å². The van der Waals surface area contributed by atoms with Gasteiger partial charge in [-0.05, 0) is 28.1 Å². The van der Waals surface area contributed by atoms with Crippen molar-refractivity contribution >= 4 is 11.9 Å². The van der Waals surface area contributed by atoms with Gasteiger partial charge >= 0.3 is 11.9 Å². The maximum Gasteiger partial charge on any atom is 0.311 e. The molecule has 2 saturated carbocycles. The Morgan fingerprint density at radius 1 is 0.562 bits per heavy atom. The SMILES string of the molecule is COCc1c(F)c(F)c(CC2(C(=O)O)C(C)(C)C2(C)C)c(F)c1F.COCc1c(F)c(F)c(COC(=O)C2C(C)(C)C2(C)C)c(F)c1F. The summed E-state index contributed by atoms with van der Waals surface area (Å²) in [5.41, 5.74) is -7.29. The minimum absolute atomic E-state index is 0.319. The van der Waals surface area contributed by atoms with Crippen LogP contribution in [-0.4, -0.2) is 31.3 Å². The first-order chi connectivity index (χ1) is 21.9. The van der Waals surface area contributed by atoms with Crippen LogP contribution in [0.25, 0.3) is 0 Å². The topological polar surface area (TPSA) is 82.1 Å². The molecule has 2 fully saturated rings. The minimum Gasteiger partial charge on any atom is -0.481 e. The summed E-state index contributed by atoms with van der Waals surface area (Å²) in [4.78, 5) is 23.9. The molecule has 2 aromatic rings. The molecule has 0 atom stereocenters. The van der Waals surface area contributed by atoms with Gasteiger partial charge in [0.05, 0.1) is 41.2 Å². The van der Waals surface area contributed by atoms with E-state index in [-0.39, 0.29) is 10.8 Å². The molecule has 0 amide bonds. The van der Waals surface area contributed by atoms with E-state index in [1.165, 1.54) is 0 Å². The third kappa shape index (κ3) is 5.66. The number of benzene rings is 2. The number of rotatable bonds is 10. The zero-order valence-corrected chi connectivity index (χ0v) is 28.4. The summed E-state index contributed by atoms with van der Waals surface area (Å²) >= 11 is 0. The first-order valence-corrected chi connectivity index (χ1v) is 14.9. The van der Waals surface area contributed by atoms with E-state index in [0.717, 1.165) is 14.2 Å². The van der Waals surface area contributed by atoms with E-state index in [1.54, 1.807) is 27.7 Å². The highest BCUT2D eigenvalue weighted by molar-refractivity contribution is 5.83. The van der Waals surface area contributed by atoms with E-state index in [9.17, 15) is 49.8 Å². The number of carbonyl (C=O) groups excluding carboxylic acids is 1. The van der Waals surface area contributed by atoms with Crippen LogP contribution in [0.1, 0.15) is 77.6 Å². The zero-order chi connectivity index (χ0) is 37.1. The van der Waals surface area contributed by atoms with Crippen molar-refractivity contribution in [2.45, 2.75) is 81.6 Å². The Morgan fingerprint density at radius 3 is 1.10 bits per heavy atom. The molecule has 14 heteroatoms. The molecule has 1 N–H and O–H groups in total. The fourth-order valence-corrected chi connectivity index (χ4v) is 7.03. The molecule has 0 radical (unpaired) electrons. The maximum atomic E-state index is 14.3. The van der Waals surface area contributed by atoms with E-state index in [2.05, 4.69) is 9.47 Å². The van der Waals surface area contributed by atoms with E-state index in [1.807, 2.05) is 27.7 Å². The monoisotopic (exact) mass is 696 g/mol. The quantitative estimate of drug-likeness (QED) is 0.153. The van der Waals surface area contributed by atoms with E-state index in [4.69, 9.17) is 4.74 Å². The number of ether oxygens (including phenoxy) is 3. The van der Waals surface area contributed by atoms with Gasteiger partial charge in [0.2, 0.25) is 0 Å². The Hall–Kier alpha value is -3.26. The number of hydrogen-bond acceptors (Lipinski definition) is 5. The molecule has 0 unspecified atom stereocenters. The Labute approximate surface area is 273 Å². The van der Waals surface area contributed by atoms with Crippen molar-refractivity contribution in [1.29, 1.82) is 0 Å². The second kappa shape index (κ2) is 12.9. The van der Waals surface area contributed by atoms with Crippen LogP contribution in [0.3, 0.4) is 0 Å². The van der Waals surface area contributed by atoms with Crippen LogP contribution in [0.4, 0.5) is 35.1 Å². The largest absolute Gasteiger partial charge is 0.481 e. The number of carbonyl (C=O) groups is 2. The lowest BCUT2D eigenvalue weighted by Crippen LogP contribution is -2.27. The molecule has 2 aliphatic carbocycles. The normalized spacial score (nSPS) is 19.3. The molecule has 48 heavy (non-hydrogen) atoms. The van der Waals surface area contributed by atoms with Crippen LogP contribution in [-0.2, 0) is 50.0 Å². The van der Waals surface area contributed by atoms with Crippen LogP contribution in [0, 0.1) is 79.5 Å². The van der Waals surface area contributed by atoms with Crippen LogP contribution < -0.4 is 0 Å². The summed E-state index contributed by atoms with van der Waals surface area (Å²) < 4.78 is 126. The highest BCUT2D eigenvalue weighted by atomic mass is 19.2. The van der Waals surface area contributed by atoms with Gasteiger partial charge in [0.1, 0.15) is 6.61 Å². The molecule has 0 aromatic heterocycles. The van der Waals surface area contributed by atoms with Crippen molar-refractivity contribution in [2.24, 2.45) is 33.0 Å². The van der Waals surface area contributed by atoms with Crippen LogP contribution in [0.2, 0.25) is 0 Å². The number of hydrogen-bond donors (Lipinski definition) is 1. The van der Waals surface area contributed by atoms with Gasteiger partial charge in [-0.15, -0.1) is 0 Å². The van der Waals surface area contributed by atoms with Crippen LogP contribution >= 0.6 is 0 Å². The molecule has 0 saturated heterocycles. The molecular weight excluding hydrogens is 656 g/mol. The first kappa shape index (κ1) is 39.2. The highest BCUT2D eigenvalue weighted by Gasteiger charge is 2.81. The molecule has 268 valence electrons. The minimum atomic E-state index is -1.58. The standard InChI is InChI=1S/2C17H20F4O3/c1-16(2)14(17(16,3)4)15(22)24-7-9-12(20)10(18)8(6-23-5)11(19)13(9)21;1-15(2)16(3,4)17(15,14(22)23)6-8-10(18)12(20)9(7-24-5)13(21)11(8)19/h14H,6-7H2,1-5H3;6-7H2,1-5H3,(H,22,23). The molecular formula is C34H40F8O6. The number of aliphatic carboxylic acids is 1. The number of carboxylic acids is 1. The van der Waals surface area contributed by atoms with Gasteiger partial charge in [0, 0.05) is 19.8 Å². The lowest BCUT2D eigenvalue weighted by molar-refractivity contribution is -0.148. The average molecular weight is 697 g/mol. The Bertz CT molecular complexity index is 1540. The Kier molecular flexibility index (Phi) is 10.5. The van der Waals surface area contributed by atoms with Gasteiger partial charge in [-0.1, -0.05) is 55.4 Å². The van der Waals surface area contributed by atoms with Gasteiger partial charge in [0.15, 0.2) is 46.5 Å². The van der Waals surface area contributed by atoms with E-state index in [0.29, 0.717) is 0 Å². The van der Waals surface area contributed by atoms with Crippen molar-refractivity contribution in [3.05, 3.63) is 68.8 Å². The Morgan fingerprint density at radius 2 is 0.854 bits per heavy atom. The summed E-state index contributed by atoms with van der Waals surface area (Å²) in [7, 11) is 2.28. The molecule has 0 heterocycles. The maximum absolute atomic E-state index is 14.3. The third-order valence-corrected chi connectivity index (χ3v) is 11.5. The predicted octanol–water partition coefficient (Wildman–Crippen LogP) is 8.18. The first-order valence-electron chi connectivity index (χ1n) is 14.9. The molecule has 6 nitrogen and oxygen atoms in total. The van der Waals surface area contributed by atoms with Crippen molar-refractivity contribution in [2.75, 3.05) is 14.2 Å². The second-order valence-electron chi connectivity index (χ2n) is 14.4. The summed E-state index contributed by atoms with van der Waals surface area (Å²) in [5, 5.41) is 9.64. The number of esters is 1. The fraction of sp³-hybridized carbons (Fsp3) is 0.588. The molecule has 0 aliphatic heterocycles. The molecule has 2 aromatic carbocycles. The number of halogens is 8. The summed E-state index contributed by atoms with van der Waals surface area (Å²) in [6, 6.07) is 0. The number of carboxylic acid groups (broad SMARTS) is 1. The van der Waals surface area contributed by atoms with Gasteiger partial charge in [-0.2, -0.15) is 0 Å².